The SMILES string of the molecule is CCCCC/C=C\C/C=C\C/C=C\CCCCCCC(=O)OC[C@H](COC(=O)CCC/C=C\C/C=C\C/C=C\CCCCCCCC)OC(=O)CCCCCCCCC/C=C\C/C=C\CCCCC. The fourth-order valence-corrected chi connectivity index (χ4v) is 7.67. The van der Waals surface area contributed by atoms with Crippen molar-refractivity contribution in [3.05, 3.63) is 97.2 Å². The Balaban J connectivity index is 4.52. The van der Waals surface area contributed by atoms with Gasteiger partial charge in [-0.25, -0.2) is 0 Å². The summed E-state index contributed by atoms with van der Waals surface area (Å²) in [6.07, 6.45) is 75.4. The van der Waals surface area contributed by atoms with Crippen LogP contribution < -0.4 is 0 Å². The summed E-state index contributed by atoms with van der Waals surface area (Å²) in [5.74, 6) is -0.988. The lowest BCUT2D eigenvalue weighted by atomic mass is 10.1. The summed E-state index contributed by atoms with van der Waals surface area (Å²) in [5, 5.41) is 0. The molecule has 0 spiro atoms. The van der Waals surface area contributed by atoms with Gasteiger partial charge >= 0.3 is 17.9 Å². The summed E-state index contributed by atoms with van der Waals surface area (Å²) < 4.78 is 16.8. The second kappa shape index (κ2) is 56.9. The number of ether oxygens (including phenoxy) is 3. The van der Waals surface area contributed by atoms with Gasteiger partial charge in [0.1, 0.15) is 13.2 Å². The number of rotatable bonds is 51. The lowest BCUT2D eigenvalue weighted by molar-refractivity contribution is -0.167. The van der Waals surface area contributed by atoms with Gasteiger partial charge in [-0.05, 0) is 122 Å². The monoisotopic (exact) mass is 959 g/mol. The van der Waals surface area contributed by atoms with E-state index in [0.717, 1.165) is 96.3 Å². The minimum atomic E-state index is -0.813. The Kier molecular flexibility index (Phi) is 53.9. The number of carbonyl (C=O) groups excluding carboxylic acids is 3. The molecule has 394 valence electrons. The van der Waals surface area contributed by atoms with E-state index >= 15 is 0 Å². The molecule has 0 N–H and O–H groups in total. The molecule has 69 heavy (non-hydrogen) atoms. The van der Waals surface area contributed by atoms with E-state index in [1.54, 1.807) is 0 Å². The Morgan fingerprint density at radius 3 is 0.899 bits per heavy atom. The highest BCUT2D eigenvalue weighted by Crippen LogP contribution is 2.13. The Morgan fingerprint density at radius 1 is 0.290 bits per heavy atom. The average Bonchev–Trinajstić information content (AvgIpc) is 3.35. The van der Waals surface area contributed by atoms with Crippen LogP contribution in [0.3, 0.4) is 0 Å². The summed E-state index contributed by atoms with van der Waals surface area (Å²) in [4.78, 5) is 38.1. The van der Waals surface area contributed by atoms with Gasteiger partial charge in [-0.15, -0.1) is 0 Å². The van der Waals surface area contributed by atoms with E-state index in [4.69, 9.17) is 14.2 Å². The predicted molar refractivity (Wildman–Crippen MR) is 297 cm³/mol. The maximum Gasteiger partial charge on any atom is 0.306 e. The van der Waals surface area contributed by atoms with Crippen molar-refractivity contribution in [2.75, 3.05) is 13.2 Å². The lowest BCUT2D eigenvalue weighted by Gasteiger charge is -2.18. The third-order valence-corrected chi connectivity index (χ3v) is 12.0. The van der Waals surface area contributed by atoms with Gasteiger partial charge in [0.25, 0.3) is 0 Å². The summed E-state index contributed by atoms with van der Waals surface area (Å²) in [6.45, 7) is 6.52. The molecule has 0 aliphatic carbocycles. The Labute approximate surface area is 426 Å². The molecule has 6 heteroatoms. The van der Waals surface area contributed by atoms with Crippen LogP contribution in [0.15, 0.2) is 97.2 Å². The first-order valence-electron chi connectivity index (χ1n) is 28.7. The van der Waals surface area contributed by atoms with Crippen LogP contribution in [0.5, 0.6) is 0 Å². The summed E-state index contributed by atoms with van der Waals surface area (Å²) in [7, 11) is 0. The van der Waals surface area contributed by atoms with E-state index in [2.05, 4.69) is 118 Å². The summed E-state index contributed by atoms with van der Waals surface area (Å²) in [5.41, 5.74) is 0. The third kappa shape index (κ3) is 55.1. The summed E-state index contributed by atoms with van der Waals surface area (Å²) >= 11 is 0. The van der Waals surface area contributed by atoms with Crippen LogP contribution >= 0.6 is 0 Å². The Hall–Kier alpha value is -3.67. The maximum absolute atomic E-state index is 12.9. The molecule has 0 saturated carbocycles. The molecule has 0 heterocycles. The fraction of sp³-hybridized carbons (Fsp3) is 0.698. The standard InChI is InChI=1S/C63H106O6/c1-4-7-10-13-16-19-22-25-28-31-34-37-40-43-46-49-52-55-61(64)67-58-60(69-63(66)57-54-51-48-45-42-39-36-33-30-27-24-21-18-15-12-9-6-3)59-68-62(65)56-53-50-47-44-41-38-35-32-29-26-23-20-17-14-11-8-5-2/h16,18-19,21,25-30,34-35,37-38,44,47,60H,4-15,17,20,22-24,31-33,36,39-43,45-46,48-59H2,1-3H3/b19-16-,21-18-,28-25-,29-26-,30-27-,37-34-,38-35-,47-44-/t60-/m1/s1. The highest BCUT2D eigenvalue weighted by Gasteiger charge is 2.19. The van der Waals surface area contributed by atoms with Crippen molar-refractivity contribution in [1.29, 1.82) is 0 Å². The van der Waals surface area contributed by atoms with Crippen LogP contribution in [0.2, 0.25) is 0 Å². The first-order chi connectivity index (χ1) is 34.0. The fourth-order valence-electron chi connectivity index (χ4n) is 7.67. The molecule has 1 atom stereocenters. The quantitative estimate of drug-likeness (QED) is 0.0262. The number of allylic oxidation sites excluding steroid dienone is 16. The Morgan fingerprint density at radius 2 is 0.536 bits per heavy atom. The third-order valence-electron chi connectivity index (χ3n) is 12.0. The number of hydrogen-bond donors (Lipinski definition) is 0. The smallest absolute Gasteiger partial charge is 0.306 e. The van der Waals surface area contributed by atoms with Crippen LogP contribution in [-0.4, -0.2) is 37.2 Å². The van der Waals surface area contributed by atoms with Gasteiger partial charge in [0.15, 0.2) is 6.10 Å². The van der Waals surface area contributed by atoms with Crippen molar-refractivity contribution in [2.24, 2.45) is 0 Å². The molecule has 0 aliphatic heterocycles. The lowest BCUT2D eigenvalue weighted by Crippen LogP contribution is -2.30. The minimum Gasteiger partial charge on any atom is -0.462 e. The first-order valence-corrected chi connectivity index (χ1v) is 28.7. The van der Waals surface area contributed by atoms with E-state index in [-0.39, 0.29) is 37.5 Å². The Bertz CT molecular complexity index is 1380. The van der Waals surface area contributed by atoms with Crippen LogP contribution in [0, 0.1) is 0 Å². The van der Waals surface area contributed by atoms with Crippen LogP contribution in [0.25, 0.3) is 0 Å². The molecular formula is C63H106O6. The molecule has 0 aliphatic rings. The molecule has 0 radical (unpaired) electrons. The number of hydrogen-bond acceptors (Lipinski definition) is 6. The normalized spacial score (nSPS) is 12.8. The van der Waals surface area contributed by atoms with Gasteiger partial charge < -0.3 is 14.2 Å². The van der Waals surface area contributed by atoms with E-state index in [1.807, 2.05) is 0 Å². The number of carbonyl (C=O) groups is 3. The zero-order valence-electron chi connectivity index (χ0n) is 45.0. The zero-order chi connectivity index (χ0) is 50.0. The molecule has 0 unspecified atom stereocenters. The van der Waals surface area contributed by atoms with Crippen molar-refractivity contribution in [3.63, 3.8) is 0 Å². The van der Waals surface area contributed by atoms with Gasteiger partial charge in [0, 0.05) is 19.3 Å². The van der Waals surface area contributed by atoms with Crippen LogP contribution in [0.4, 0.5) is 0 Å². The minimum absolute atomic E-state index is 0.109. The van der Waals surface area contributed by atoms with E-state index in [1.165, 1.54) is 122 Å². The molecular weight excluding hydrogens is 853 g/mol. The van der Waals surface area contributed by atoms with E-state index in [0.29, 0.717) is 19.3 Å². The number of unbranched alkanes of at least 4 members (excludes halogenated alkanes) is 24. The van der Waals surface area contributed by atoms with Gasteiger partial charge in [0.05, 0.1) is 0 Å². The topological polar surface area (TPSA) is 78.9 Å². The molecule has 0 fully saturated rings. The average molecular weight is 960 g/mol. The second-order valence-electron chi connectivity index (χ2n) is 18.8. The molecule has 0 aromatic rings. The molecule has 0 saturated heterocycles. The van der Waals surface area contributed by atoms with Crippen molar-refractivity contribution in [2.45, 2.75) is 271 Å². The van der Waals surface area contributed by atoms with Crippen LogP contribution in [-0.2, 0) is 28.6 Å². The molecule has 0 amide bonds. The first kappa shape index (κ1) is 65.3. The highest BCUT2D eigenvalue weighted by molar-refractivity contribution is 5.71. The van der Waals surface area contributed by atoms with Gasteiger partial charge in [-0.1, -0.05) is 221 Å². The molecule has 0 rings (SSSR count). The van der Waals surface area contributed by atoms with Gasteiger partial charge in [-0.2, -0.15) is 0 Å². The molecule has 6 nitrogen and oxygen atoms in total. The largest absolute Gasteiger partial charge is 0.462 e. The second-order valence-corrected chi connectivity index (χ2v) is 18.8. The van der Waals surface area contributed by atoms with E-state index < -0.39 is 6.10 Å². The highest BCUT2D eigenvalue weighted by atomic mass is 16.6. The molecule has 0 aromatic carbocycles. The number of esters is 3. The van der Waals surface area contributed by atoms with E-state index in [9.17, 15) is 14.4 Å². The zero-order valence-corrected chi connectivity index (χ0v) is 45.0. The van der Waals surface area contributed by atoms with Crippen molar-refractivity contribution < 1.29 is 28.6 Å². The van der Waals surface area contributed by atoms with Crippen molar-refractivity contribution >= 4 is 17.9 Å². The van der Waals surface area contributed by atoms with Crippen LogP contribution in [0.1, 0.15) is 265 Å². The summed E-state index contributed by atoms with van der Waals surface area (Å²) in [6, 6.07) is 0. The van der Waals surface area contributed by atoms with Gasteiger partial charge in [-0.3, -0.25) is 14.4 Å². The van der Waals surface area contributed by atoms with Crippen molar-refractivity contribution in [3.8, 4) is 0 Å². The maximum atomic E-state index is 12.9. The molecule has 0 bridgehead atoms. The molecule has 0 aromatic heterocycles. The van der Waals surface area contributed by atoms with Gasteiger partial charge in [0.2, 0.25) is 0 Å². The van der Waals surface area contributed by atoms with Crippen molar-refractivity contribution in [1.82, 2.24) is 0 Å². The predicted octanol–water partition coefficient (Wildman–Crippen LogP) is 19.3.